The van der Waals surface area contributed by atoms with Crippen molar-refractivity contribution in [2.75, 3.05) is 42.7 Å². The second-order valence-corrected chi connectivity index (χ2v) is 7.87. The van der Waals surface area contributed by atoms with Crippen LogP contribution in [0.2, 0.25) is 0 Å². The standard InChI is InChI=1S/C26H30O6/c1-14(19-15-10-8-12-17(27-2)21(15)25(31-6)23(19)29-4)20-16-11-9-13-18(28-3)22(16)26(32-7)24(20)30-5/h8-14,19-20H,1-7H3. The van der Waals surface area contributed by atoms with Crippen molar-refractivity contribution < 1.29 is 28.4 Å². The van der Waals surface area contributed by atoms with Gasteiger partial charge in [0.05, 0.1) is 53.8 Å². The van der Waals surface area contributed by atoms with Crippen LogP contribution in [0.4, 0.5) is 0 Å². The molecule has 6 heteroatoms. The van der Waals surface area contributed by atoms with E-state index in [4.69, 9.17) is 28.4 Å². The highest BCUT2D eigenvalue weighted by atomic mass is 16.5. The molecular weight excluding hydrogens is 408 g/mol. The van der Waals surface area contributed by atoms with Crippen LogP contribution in [-0.4, -0.2) is 42.7 Å². The Morgan fingerprint density at radius 2 is 0.969 bits per heavy atom. The lowest BCUT2D eigenvalue weighted by Gasteiger charge is -2.29. The predicted molar refractivity (Wildman–Crippen MR) is 123 cm³/mol. The van der Waals surface area contributed by atoms with Gasteiger partial charge in [0.2, 0.25) is 0 Å². The summed E-state index contributed by atoms with van der Waals surface area (Å²) in [7, 11) is 10.0. The van der Waals surface area contributed by atoms with E-state index < -0.39 is 0 Å². The molecule has 0 fully saturated rings. The molecule has 2 aliphatic carbocycles. The molecule has 0 amide bonds. The number of ether oxygens (including phenoxy) is 6. The highest BCUT2D eigenvalue weighted by molar-refractivity contribution is 5.80. The molecule has 2 unspecified atom stereocenters. The Hall–Kier alpha value is -3.28. The molecule has 0 radical (unpaired) electrons. The molecule has 0 saturated heterocycles. The minimum atomic E-state index is -0.0644. The summed E-state index contributed by atoms with van der Waals surface area (Å²) in [6.07, 6.45) is 0. The highest BCUT2D eigenvalue weighted by Crippen LogP contribution is 2.57. The molecule has 0 saturated carbocycles. The fraction of sp³-hybridized carbons (Fsp3) is 0.385. The molecule has 2 aliphatic rings. The van der Waals surface area contributed by atoms with Crippen molar-refractivity contribution in [1.82, 2.24) is 0 Å². The topological polar surface area (TPSA) is 55.4 Å². The average molecular weight is 439 g/mol. The largest absolute Gasteiger partial charge is 0.497 e. The van der Waals surface area contributed by atoms with E-state index in [1.54, 1.807) is 42.7 Å². The van der Waals surface area contributed by atoms with E-state index in [0.717, 1.165) is 45.3 Å². The van der Waals surface area contributed by atoms with Gasteiger partial charge < -0.3 is 28.4 Å². The lowest BCUT2D eigenvalue weighted by atomic mass is 9.76. The first-order chi connectivity index (χ1) is 15.6. The molecule has 0 heterocycles. The minimum absolute atomic E-state index is 0.0527. The quantitative estimate of drug-likeness (QED) is 0.568. The molecule has 0 aliphatic heterocycles. The molecule has 32 heavy (non-hydrogen) atoms. The van der Waals surface area contributed by atoms with Gasteiger partial charge >= 0.3 is 0 Å². The van der Waals surface area contributed by atoms with Crippen LogP contribution in [0.5, 0.6) is 11.5 Å². The molecule has 0 spiro atoms. The zero-order valence-corrected chi connectivity index (χ0v) is 19.6. The number of hydrogen-bond acceptors (Lipinski definition) is 6. The zero-order chi connectivity index (χ0) is 23.0. The summed E-state index contributed by atoms with van der Waals surface area (Å²) in [6.45, 7) is 2.21. The number of benzene rings is 2. The van der Waals surface area contributed by atoms with Crippen molar-refractivity contribution in [1.29, 1.82) is 0 Å². The Kier molecular flexibility index (Phi) is 5.96. The lowest BCUT2D eigenvalue weighted by molar-refractivity contribution is 0.199. The third kappa shape index (κ3) is 3.00. The van der Waals surface area contributed by atoms with E-state index in [1.165, 1.54) is 0 Å². The van der Waals surface area contributed by atoms with Crippen LogP contribution >= 0.6 is 0 Å². The summed E-state index contributed by atoms with van der Waals surface area (Å²) in [5.41, 5.74) is 4.09. The average Bonchev–Trinajstić information content (AvgIpc) is 3.34. The fourth-order valence-corrected chi connectivity index (χ4v) is 5.33. The molecule has 0 N–H and O–H groups in total. The number of hydrogen-bond donors (Lipinski definition) is 0. The number of methoxy groups -OCH3 is 6. The summed E-state index contributed by atoms with van der Waals surface area (Å²) in [6, 6.07) is 12.1. The number of rotatable bonds is 8. The molecule has 170 valence electrons. The first-order valence-corrected chi connectivity index (χ1v) is 10.6. The van der Waals surface area contributed by atoms with E-state index in [-0.39, 0.29) is 17.8 Å². The Morgan fingerprint density at radius 3 is 1.28 bits per heavy atom. The van der Waals surface area contributed by atoms with Crippen molar-refractivity contribution in [3.05, 3.63) is 70.2 Å². The predicted octanol–water partition coefficient (Wildman–Crippen LogP) is 5.16. The highest BCUT2D eigenvalue weighted by Gasteiger charge is 2.47. The Bertz CT molecular complexity index is 998. The molecule has 4 rings (SSSR count). The van der Waals surface area contributed by atoms with Crippen LogP contribution in [0.15, 0.2) is 47.9 Å². The SMILES string of the molecule is COC1=C(OC)C(C(C)C2C(OC)=C(OC)c3c(OC)cccc32)c2cccc(OC)c21. The van der Waals surface area contributed by atoms with Crippen LogP contribution < -0.4 is 9.47 Å². The van der Waals surface area contributed by atoms with Crippen molar-refractivity contribution >= 4 is 11.5 Å². The molecule has 0 bridgehead atoms. The van der Waals surface area contributed by atoms with Crippen molar-refractivity contribution in [3.63, 3.8) is 0 Å². The van der Waals surface area contributed by atoms with Crippen LogP contribution in [0, 0.1) is 5.92 Å². The Morgan fingerprint density at radius 1 is 0.562 bits per heavy atom. The van der Waals surface area contributed by atoms with E-state index in [9.17, 15) is 0 Å². The zero-order valence-electron chi connectivity index (χ0n) is 19.6. The van der Waals surface area contributed by atoms with Crippen molar-refractivity contribution in [3.8, 4) is 11.5 Å². The van der Waals surface area contributed by atoms with Crippen LogP contribution in [-0.2, 0) is 18.9 Å². The summed E-state index contributed by atoms with van der Waals surface area (Å²) < 4.78 is 34.8. The monoisotopic (exact) mass is 438 g/mol. The maximum atomic E-state index is 5.93. The summed E-state index contributed by atoms with van der Waals surface area (Å²) in [5, 5.41) is 0. The maximum Gasteiger partial charge on any atom is 0.168 e. The normalized spacial score (nSPS) is 20.0. The minimum Gasteiger partial charge on any atom is -0.497 e. The smallest absolute Gasteiger partial charge is 0.168 e. The Balaban J connectivity index is 1.91. The van der Waals surface area contributed by atoms with Crippen molar-refractivity contribution in [2.24, 2.45) is 5.92 Å². The molecular formula is C26H30O6. The molecule has 2 aromatic carbocycles. The van der Waals surface area contributed by atoms with Gasteiger partial charge in [-0.2, -0.15) is 0 Å². The molecule has 6 nitrogen and oxygen atoms in total. The molecule has 0 aromatic heterocycles. The van der Waals surface area contributed by atoms with Gasteiger partial charge in [-0.3, -0.25) is 0 Å². The van der Waals surface area contributed by atoms with Gasteiger partial charge in [0.25, 0.3) is 0 Å². The Labute approximate surface area is 189 Å². The first kappa shape index (κ1) is 21.9. The van der Waals surface area contributed by atoms with Gasteiger partial charge in [-0.15, -0.1) is 0 Å². The van der Waals surface area contributed by atoms with Gasteiger partial charge in [-0.1, -0.05) is 31.2 Å². The van der Waals surface area contributed by atoms with Crippen LogP contribution in [0.3, 0.4) is 0 Å². The summed E-state index contributed by atoms with van der Waals surface area (Å²) >= 11 is 0. The van der Waals surface area contributed by atoms with Gasteiger partial charge in [0.15, 0.2) is 11.5 Å². The van der Waals surface area contributed by atoms with Gasteiger partial charge in [-0.05, 0) is 29.2 Å². The van der Waals surface area contributed by atoms with E-state index in [1.807, 2.05) is 24.3 Å². The van der Waals surface area contributed by atoms with Crippen molar-refractivity contribution in [2.45, 2.75) is 18.8 Å². The first-order valence-electron chi connectivity index (χ1n) is 10.6. The molecule has 2 aromatic rings. The van der Waals surface area contributed by atoms with Gasteiger partial charge in [-0.25, -0.2) is 0 Å². The lowest BCUT2D eigenvalue weighted by Crippen LogP contribution is -2.20. The second kappa shape index (κ2) is 8.69. The fourth-order valence-electron chi connectivity index (χ4n) is 5.33. The van der Waals surface area contributed by atoms with Crippen LogP contribution in [0.1, 0.15) is 41.0 Å². The van der Waals surface area contributed by atoms with Crippen LogP contribution in [0.25, 0.3) is 11.5 Å². The summed E-state index contributed by atoms with van der Waals surface area (Å²) in [4.78, 5) is 0. The van der Waals surface area contributed by atoms with E-state index in [2.05, 4.69) is 19.1 Å². The summed E-state index contributed by atoms with van der Waals surface area (Å²) in [5.74, 6) is 4.42. The number of allylic oxidation sites excluding steroid dienone is 2. The number of fused-ring (bicyclic) bond motifs is 2. The molecule has 2 atom stereocenters. The van der Waals surface area contributed by atoms with E-state index >= 15 is 0 Å². The third-order valence-electron chi connectivity index (χ3n) is 6.59. The maximum absolute atomic E-state index is 5.93. The van der Waals surface area contributed by atoms with E-state index in [0.29, 0.717) is 11.5 Å². The second-order valence-electron chi connectivity index (χ2n) is 7.87. The van der Waals surface area contributed by atoms with Gasteiger partial charge in [0.1, 0.15) is 23.0 Å². The van der Waals surface area contributed by atoms with Gasteiger partial charge in [0, 0.05) is 11.8 Å². The third-order valence-corrected chi connectivity index (χ3v) is 6.59.